The number of aliphatic imine (C=N–C) groups is 1. The first-order chi connectivity index (χ1) is 13.2. The van der Waals surface area contributed by atoms with Crippen molar-refractivity contribution in [2.75, 3.05) is 25.9 Å². The van der Waals surface area contributed by atoms with Gasteiger partial charge in [-0.15, -0.1) is 0 Å². The van der Waals surface area contributed by atoms with Crippen molar-refractivity contribution in [2.45, 2.75) is 46.6 Å². The third-order valence-corrected chi connectivity index (χ3v) is 5.16. The summed E-state index contributed by atoms with van der Waals surface area (Å²) in [5, 5.41) is 14.5. The van der Waals surface area contributed by atoms with Gasteiger partial charge in [-0.25, -0.2) is 9.98 Å². The van der Waals surface area contributed by atoms with Crippen LogP contribution in [-0.4, -0.2) is 47.1 Å². The van der Waals surface area contributed by atoms with Crippen LogP contribution in [0.25, 0.3) is 11.4 Å². The molecule has 0 amide bonds. The number of likely N-dealkylation sites (tertiary alicyclic amines) is 1. The second-order valence-corrected chi connectivity index (χ2v) is 7.99. The maximum atomic E-state index is 10.2. The Balaban J connectivity index is 0.00000420. The zero-order valence-corrected chi connectivity index (χ0v) is 21.7. The zero-order valence-electron chi connectivity index (χ0n) is 18.6. The van der Waals surface area contributed by atoms with E-state index in [0.29, 0.717) is 30.3 Å². The van der Waals surface area contributed by atoms with Gasteiger partial charge in [-0.05, 0) is 44.3 Å². The average molecular weight is 425 g/mol. The third kappa shape index (κ3) is 7.38. The molecule has 29 heavy (non-hydrogen) atoms. The third-order valence-electron chi connectivity index (χ3n) is 5.16. The smallest absolute Gasteiger partial charge is 0.469 e. The topological polar surface area (TPSA) is 115 Å². The van der Waals surface area contributed by atoms with Gasteiger partial charge < -0.3 is 26.8 Å². The van der Waals surface area contributed by atoms with Gasteiger partial charge in [0.15, 0.2) is 5.82 Å². The van der Waals surface area contributed by atoms with Crippen LogP contribution in [0, 0.1) is 5.41 Å². The first kappa shape index (κ1) is 26.1. The molecule has 0 saturated carbocycles. The van der Waals surface area contributed by atoms with Crippen LogP contribution >= 0.6 is 0 Å². The predicted octanol–water partition coefficient (Wildman–Crippen LogP) is 0.408. The van der Waals surface area contributed by atoms with Crippen molar-refractivity contribution in [3.05, 3.63) is 40.6 Å². The molecule has 0 radical (unpaired) electrons. The molecular weight excluding hydrogens is 391 g/mol. The number of piperidine rings is 1. The first-order valence-electron chi connectivity index (χ1n) is 9.67. The van der Waals surface area contributed by atoms with Crippen molar-refractivity contribution in [3.8, 4) is 0 Å². The van der Waals surface area contributed by atoms with Crippen molar-refractivity contribution in [3.63, 3.8) is 0 Å². The predicted molar refractivity (Wildman–Crippen MR) is 117 cm³/mol. The van der Waals surface area contributed by atoms with Gasteiger partial charge in [0.25, 0.3) is 0 Å². The number of aliphatic hydroxyl groups excluding tert-OH is 1. The van der Waals surface area contributed by atoms with E-state index in [9.17, 15) is 5.11 Å². The second-order valence-electron chi connectivity index (χ2n) is 7.99. The summed E-state index contributed by atoms with van der Waals surface area (Å²) in [6.45, 7) is 9.69. The number of aliphatic hydroxyl groups is 1. The van der Waals surface area contributed by atoms with Gasteiger partial charge in [-0.1, -0.05) is 45.3 Å². The molecule has 154 valence electrons. The van der Waals surface area contributed by atoms with E-state index in [1.165, 1.54) is 5.57 Å². The fraction of sp³-hybridized carbons (Fsp3) is 0.524. The van der Waals surface area contributed by atoms with E-state index in [2.05, 4.69) is 47.9 Å². The number of amidine groups is 1. The summed E-state index contributed by atoms with van der Waals surface area (Å²) in [5.74, 6) is 1.51. The van der Waals surface area contributed by atoms with Crippen molar-refractivity contribution in [2.24, 2.45) is 16.1 Å². The van der Waals surface area contributed by atoms with Crippen LogP contribution in [0.5, 0.6) is 0 Å². The van der Waals surface area contributed by atoms with E-state index in [4.69, 9.17) is 11.5 Å². The summed E-state index contributed by atoms with van der Waals surface area (Å²) in [4.78, 5) is 10.8. The van der Waals surface area contributed by atoms with E-state index in [1.54, 1.807) is 25.4 Å². The van der Waals surface area contributed by atoms with Gasteiger partial charge in [0.1, 0.15) is 5.84 Å². The minimum absolute atomic E-state index is 0. The van der Waals surface area contributed by atoms with Crippen LogP contribution in [0.4, 0.5) is 11.5 Å². The minimum atomic E-state index is -0.316. The molecule has 0 aromatic carbocycles. The molecule has 1 aromatic rings. The first-order valence-corrected chi connectivity index (χ1v) is 9.67. The number of nitrogens with two attached hydrogens (primary N) is 2. The summed E-state index contributed by atoms with van der Waals surface area (Å²) in [6, 6.07) is 1.72. The van der Waals surface area contributed by atoms with Gasteiger partial charge in [0.05, 0.1) is 6.10 Å². The number of nitrogens with zero attached hydrogens (tertiary/aromatic N) is 4. The van der Waals surface area contributed by atoms with Crippen molar-refractivity contribution < 1.29 is 56.5 Å². The standard InChI is InChI=1S/C21H33N6O.K/c1-6-14(2)9-15-12-25-19(10-16(15)22)26-18(23)11-20(24-5)27-8-7-17(28)21(3,4)13-27;/h9-12,17,28H,6-8,13H2,1-5H3,(H4,22,23,25,26);/q-1;+1/b14-9?,20-11+;. The number of hydrogen-bond acceptors (Lipinski definition) is 5. The second kappa shape index (κ2) is 11.5. The van der Waals surface area contributed by atoms with Crippen LogP contribution in [0.3, 0.4) is 0 Å². The molecule has 1 unspecified atom stereocenters. The van der Waals surface area contributed by atoms with Crippen LogP contribution in [0.15, 0.2) is 34.7 Å². The molecule has 2 rings (SSSR count). The molecule has 2 heterocycles. The Morgan fingerprint density at radius 1 is 1.48 bits per heavy atom. The molecule has 0 bridgehead atoms. The van der Waals surface area contributed by atoms with E-state index in [1.807, 2.05) is 6.08 Å². The van der Waals surface area contributed by atoms with Crippen LogP contribution in [0.2, 0.25) is 0 Å². The van der Waals surface area contributed by atoms with Gasteiger partial charge >= 0.3 is 51.4 Å². The number of pyridine rings is 1. The summed E-state index contributed by atoms with van der Waals surface area (Å²) in [6.07, 6.45) is 6.82. The maximum Gasteiger partial charge on any atom is 1.00 e. The molecular formula is C21H33KN6O. The molecule has 8 heteroatoms. The Morgan fingerprint density at radius 3 is 2.72 bits per heavy atom. The monoisotopic (exact) mass is 424 g/mol. The zero-order chi connectivity index (χ0) is 20.9. The summed E-state index contributed by atoms with van der Waals surface area (Å²) < 4.78 is 0. The Hall–Kier alpha value is -0.904. The van der Waals surface area contributed by atoms with E-state index >= 15 is 0 Å². The van der Waals surface area contributed by atoms with Gasteiger partial charge in [0, 0.05) is 23.5 Å². The molecule has 0 spiro atoms. The summed E-state index contributed by atoms with van der Waals surface area (Å²) >= 11 is 0. The number of hydrogen-bond donors (Lipinski definition) is 3. The van der Waals surface area contributed by atoms with Gasteiger partial charge in [0.2, 0.25) is 0 Å². The van der Waals surface area contributed by atoms with Crippen LogP contribution in [-0.2, 0) is 0 Å². The Bertz CT molecular complexity index is 787. The molecule has 1 saturated heterocycles. The number of aromatic nitrogens is 1. The van der Waals surface area contributed by atoms with Crippen LogP contribution in [0.1, 0.15) is 46.1 Å². The maximum absolute atomic E-state index is 10.2. The molecule has 0 aliphatic carbocycles. The Labute approximate surface area is 217 Å². The molecule has 1 aromatic heterocycles. The molecule has 1 aliphatic heterocycles. The van der Waals surface area contributed by atoms with E-state index in [-0.39, 0.29) is 62.9 Å². The number of nitrogen functional groups attached to an aromatic ring is 1. The summed E-state index contributed by atoms with van der Waals surface area (Å²) in [5.41, 5.74) is 14.8. The van der Waals surface area contributed by atoms with E-state index in [0.717, 1.165) is 24.4 Å². The number of allylic oxidation sites excluding steroid dienone is 1. The van der Waals surface area contributed by atoms with E-state index < -0.39 is 0 Å². The van der Waals surface area contributed by atoms with Crippen molar-refractivity contribution in [1.29, 1.82) is 0 Å². The quantitative estimate of drug-likeness (QED) is 0.348. The summed E-state index contributed by atoms with van der Waals surface area (Å²) in [7, 11) is 1.73. The SMILES string of the molecule is CCC(C)=Cc1cnc(N=C(N)/C=C(\[N-]C)N2CCC(O)C(C)(C)C2)cc1N.[K+]. The molecule has 5 N–H and O–H groups in total. The largest absolute Gasteiger partial charge is 1.00 e. The molecule has 7 nitrogen and oxygen atoms in total. The average Bonchev–Trinajstić information content (AvgIpc) is 2.64. The molecule has 1 aliphatic rings. The minimum Gasteiger partial charge on any atom is -0.469 e. The van der Waals surface area contributed by atoms with Gasteiger partial charge in [-0.3, -0.25) is 0 Å². The fourth-order valence-electron chi connectivity index (χ4n) is 3.15. The molecule has 1 fully saturated rings. The Morgan fingerprint density at radius 2 is 2.17 bits per heavy atom. The van der Waals surface area contributed by atoms with Crippen LogP contribution < -0.4 is 62.9 Å². The van der Waals surface area contributed by atoms with Crippen molar-refractivity contribution >= 4 is 23.4 Å². The molecule has 1 atom stereocenters. The van der Waals surface area contributed by atoms with Gasteiger partial charge in [-0.2, -0.15) is 0 Å². The number of anilines is 1. The fourth-order valence-corrected chi connectivity index (χ4v) is 3.15. The van der Waals surface area contributed by atoms with Crippen molar-refractivity contribution in [1.82, 2.24) is 9.88 Å². The number of rotatable bonds is 6. The normalized spacial score (nSPS) is 20.3. The Kier molecular flexibility index (Phi) is 10.3.